The van der Waals surface area contributed by atoms with Crippen LogP contribution in [-0.4, -0.2) is 5.78 Å². The van der Waals surface area contributed by atoms with E-state index in [1.807, 2.05) is 0 Å². The third-order valence-corrected chi connectivity index (χ3v) is 2.50. The van der Waals surface area contributed by atoms with Gasteiger partial charge in [-0.05, 0) is 40.0 Å². The Kier molecular flexibility index (Phi) is 2.17. The number of carbonyl (C=O) groups is 1. The summed E-state index contributed by atoms with van der Waals surface area (Å²) >= 11 is 0. The molecule has 0 amide bonds. The van der Waals surface area contributed by atoms with E-state index in [0.717, 1.165) is 19.3 Å². The molecule has 0 unspecified atom stereocenters. The molecule has 11 heavy (non-hydrogen) atoms. The van der Waals surface area contributed by atoms with Gasteiger partial charge in [-0.3, -0.25) is 4.79 Å². The van der Waals surface area contributed by atoms with Gasteiger partial charge in [0.15, 0.2) is 0 Å². The van der Waals surface area contributed by atoms with E-state index in [0.29, 0.717) is 5.78 Å². The molecule has 1 nitrogen and oxygen atoms in total. The largest absolute Gasteiger partial charge is 0.299 e. The molecule has 1 aliphatic carbocycles. The fourth-order valence-corrected chi connectivity index (χ4v) is 1.25. The number of Topliss-reactive ketones (excluding diaryl/α,β-unsaturated/α-hetero) is 1. The van der Waals surface area contributed by atoms with Gasteiger partial charge in [-0.15, -0.1) is 0 Å². The molecule has 1 fully saturated rings. The van der Waals surface area contributed by atoms with Crippen LogP contribution in [0.2, 0.25) is 0 Å². The van der Waals surface area contributed by atoms with Crippen molar-refractivity contribution in [2.75, 3.05) is 0 Å². The van der Waals surface area contributed by atoms with Gasteiger partial charge in [0.1, 0.15) is 5.78 Å². The van der Waals surface area contributed by atoms with Crippen LogP contribution in [0.15, 0.2) is 11.6 Å². The zero-order chi connectivity index (χ0) is 8.48. The van der Waals surface area contributed by atoms with Crippen molar-refractivity contribution in [2.24, 2.45) is 5.41 Å². The van der Waals surface area contributed by atoms with Crippen LogP contribution in [0.3, 0.4) is 0 Å². The Morgan fingerprint density at radius 1 is 1.36 bits per heavy atom. The maximum atomic E-state index is 11.1. The first kappa shape index (κ1) is 8.51. The predicted octanol–water partition coefficient (Wildman–Crippen LogP) is 2.71. The number of hydrogen-bond acceptors (Lipinski definition) is 1. The average molecular weight is 152 g/mol. The SMILES string of the molecule is CC(=O)C1(CC=C(C)C)CC1. The normalized spacial score (nSPS) is 19.2. The first-order chi connectivity index (χ1) is 5.07. The highest BCUT2D eigenvalue weighted by Gasteiger charge is 2.45. The molecule has 0 radical (unpaired) electrons. The lowest BCUT2D eigenvalue weighted by molar-refractivity contribution is -0.121. The van der Waals surface area contributed by atoms with Gasteiger partial charge < -0.3 is 0 Å². The summed E-state index contributed by atoms with van der Waals surface area (Å²) in [5, 5.41) is 0. The highest BCUT2D eigenvalue weighted by Crippen LogP contribution is 2.49. The lowest BCUT2D eigenvalue weighted by Crippen LogP contribution is -2.10. The number of ketones is 1. The number of hydrogen-bond donors (Lipinski definition) is 0. The summed E-state index contributed by atoms with van der Waals surface area (Å²) in [5.74, 6) is 0.370. The van der Waals surface area contributed by atoms with Crippen molar-refractivity contribution in [3.8, 4) is 0 Å². The fraction of sp³-hybridized carbons (Fsp3) is 0.700. The molecular weight excluding hydrogens is 136 g/mol. The van der Waals surface area contributed by atoms with Gasteiger partial charge in [0.2, 0.25) is 0 Å². The Bertz CT molecular complexity index is 193. The molecule has 1 heteroatoms. The summed E-state index contributed by atoms with van der Waals surface area (Å²) in [5.41, 5.74) is 1.38. The van der Waals surface area contributed by atoms with Crippen molar-refractivity contribution < 1.29 is 4.79 Å². The Morgan fingerprint density at radius 3 is 2.18 bits per heavy atom. The highest BCUT2D eigenvalue weighted by molar-refractivity contribution is 5.85. The second-order valence-corrected chi connectivity index (χ2v) is 3.82. The first-order valence-electron chi connectivity index (χ1n) is 4.21. The topological polar surface area (TPSA) is 17.1 Å². The van der Waals surface area contributed by atoms with E-state index < -0.39 is 0 Å². The summed E-state index contributed by atoms with van der Waals surface area (Å²) in [6.45, 7) is 5.87. The molecule has 0 aromatic carbocycles. The number of rotatable bonds is 3. The van der Waals surface area contributed by atoms with Crippen LogP contribution in [0.1, 0.15) is 40.0 Å². The predicted molar refractivity (Wildman–Crippen MR) is 46.4 cm³/mol. The lowest BCUT2D eigenvalue weighted by Gasteiger charge is -2.06. The van der Waals surface area contributed by atoms with Crippen molar-refractivity contribution in [3.63, 3.8) is 0 Å². The maximum Gasteiger partial charge on any atom is 0.136 e. The summed E-state index contributed by atoms with van der Waals surface area (Å²) in [4.78, 5) is 11.1. The molecule has 0 heterocycles. The van der Waals surface area contributed by atoms with Gasteiger partial charge in [0.25, 0.3) is 0 Å². The van der Waals surface area contributed by atoms with Crippen molar-refractivity contribution in [1.82, 2.24) is 0 Å². The van der Waals surface area contributed by atoms with Crippen LogP contribution >= 0.6 is 0 Å². The molecule has 1 aliphatic rings. The van der Waals surface area contributed by atoms with Crippen LogP contribution in [0.4, 0.5) is 0 Å². The van der Waals surface area contributed by atoms with E-state index in [9.17, 15) is 4.79 Å². The third kappa shape index (κ3) is 1.92. The van der Waals surface area contributed by atoms with Crippen molar-refractivity contribution in [1.29, 1.82) is 0 Å². The quantitative estimate of drug-likeness (QED) is 0.568. The van der Waals surface area contributed by atoms with Crippen LogP contribution in [0.5, 0.6) is 0 Å². The number of carbonyl (C=O) groups excluding carboxylic acids is 1. The van der Waals surface area contributed by atoms with Crippen LogP contribution in [-0.2, 0) is 4.79 Å². The summed E-state index contributed by atoms with van der Waals surface area (Å²) in [6, 6.07) is 0. The lowest BCUT2D eigenvalue weighted by atomic mass is 9.97. The zero-order valence-electron chi connectivity index (χ0n) is 7.61. The molecule has 0 bridgehead atoms. The molecule has 1 rings (SSSR count). The zero-order valence-corrected chi connectivity index (χ0v) is 7.61. The van der Waals surface area contributed by atoms with E-state index in [1.165, 1.54) is 5.57 Å². The molecule has 0 saturated heterocycles. The number of allylic oxidation sites excluding steroid dienone is 2. The standard InChI is InChI=1S/C10H16O/c1-8(2)4-5-10(6-7-10)9(3)11/h4H,5-7H2,1-3H3. The first-order valence-corrected chi connectivity index (χ1v) is 4.21. The average Bonchev–Trinajstić information content (AvgIpc) is 2.63. The Morgan fingerprint density at radius 2 is 1.91 bits per heavy atom. The van der Waals surface area contributed by atoms with Crippen molar-refractivity contribution in [2.45, 2.75) is 40.0 Å². The van der Waals surface area contributed by atoms with E-state index in [1.54, 1.807) is 6.92 Å². The van der Waals surface area contributed by atoms with Gasteiger partial charge in [-0.2, -0.15) is 0 Å². The minimum Gasteiger partial charge on any atom is -0.299 e. The van der Waals surface area contributed by atoms with E-state index in [-0.39, 0.29) is 5.41 Å². The van der Waals surface area contributed by atoms with Gasteiger partial charge >= 0.3 is 0 Å². The Hall–Kier alpha value is -0.590. The van der Waals surface area contributed by atoms with E-state index in [4.69, 9.17) is 0 Å². The highest BCUT2D eigenvalue weighted by atomic mass is 16.1. The minimum atomic E-state index is 0.0667. The molecule has 0 aromatic rings. The minimum absolute atomic E-state index is 0.0667. The maximum absolute atomic E-state index is 11.1. The molecule has 0 atom stereocenters. The van der Waals surface area contributed by atoms with Gasteiger partial charge in [0, 0.05) is 5.41 Å². The van der Waals surface area contributed by atoms with Crippen LogP contribution in [0.25, 0.3) is 0 Å². The molecule has 1 saturated carbocycles. The summed E-state index contributed by atoms with van der Waals surface area (Å²) in [7, 11) is 0. The second-order valence-electron chi connectivity index (χ2n) is 3.82. The van der Waals surface area contributed by atoms with Crippen LogP contribution < -0.4 is 0 Å². The Balaban J connectivity index is 2.49. The Labute approximate surface area is 68.5 Å². The van der Waals surface area contributed by atoms with Gasteiger partial charge in [-0.1, -0.05) is 11.6 Å². The third-order valence-electron chi connectivity index (χ3n) is 2.50. The van der Waals surface area contributed by atoms with Crippen molar-refractivity contribution >= 4 is 5.78 Å². The van der Waals surface area contributed by atoms with Gasteiger partial charge in [0.05, 0.1) is 0 Å². The fourth-order valence-electron chi connectivity index (χ4n) is 1.25. The summed E-state index contributed by atoms with van der Waals surface area (Å²) in [6.07, 6.45) is 5.34. The molecule has 0 aliphatic heterocycles. The van der Waals surface area contributed by atoms with E-state index in [2.05, 4.69) is 19.9 Å². The molecule has 0 spiro atoms. The van der Waals surface area contributed by atoms with E-state index >= 15 is 0 Å². The molecule has 0 aromatic heterocycles. The second kappa shape index (κ2) is 2.80. The molecule has 0 N–H and O–H groups in total. The van der Waals surface area contributed by atoms with Crippen LogP contribution in [0, 0.1) is 5.41 Å². The molecular formula is C10H16O. The molecule has 62 valence electrons. The summed E-state index contributed by atoms with van der Waals surface area (Å²) < 4.78 is 0. The smallest absolute Gasteiger partial charge is 0.136 e. The monoisotopic (exact) mass is 152 g/mol. The van der Waals surface area contributed by atoms with Gasteiger partial charge in [-0.25, -0.2) is 0 Å². The van der Waals surface area contributed by atoms with Crippen molar-refractivity contribution in [3.05, 3.63) is 11.6 Å².